The number of benzene rings is 2. The summed E-state index contributed by atoms with van der Waals surface area (Å²) in [4.78, 5) is 12.5. The van der Waals surface area contributed by atoms with Gasteiger partial charge < -0.3 is 10.1 Å². The average molecular weight is 432 g/mol. The number of rotatable bonds is 8. The van der Waals surface area contributed by atoms with Crippen LogP contribution in [0, 0.1) is 5.82 Å². The number of anilines is 1. The van der Waals surface area contributed by atoms with E-state index in [-0.39, 0.29) is 28.6 Å². The zero-order valence-corrected chi connectivity index (χ0v) is 17.2. The Balaban J connectivity index is 1.83. The van der Waals surface area contributed by atoms with Gasteiger partial charge in [-0.25, -0.2) is 17.5 Å². The number of aromatic amines is 1. The Morgan fingerprint density at radius 3 is 2.70 bits per heavy atom. The van der Waals surface area contributed by atoms with Gasteiger partial charge in [0.15, 0.2) is 5.82 Å². The van der Waals surface area contributed by atoms with E-state index in [1.54, 1.807) is 18.2 Å². The van der Waals surface area contributed by atoms with Crippen LogP contribution < -0.4 is 14.8 Å². The molecule has 30 heavy (non-hydrogen) atoms. The predicted octanol–water partition coefficient (Wildman–Crippen LogP) is 3.17. The van der Waals surface area contributed by atoms with Gasteiger partial charge in [-0.15, -0.1) is 0 Å². The van der Waals surface area contributed by atoms with Crippen LogP contribution in [0.15, 0.2) is 53.4 Å². The van der Waals surface area contributed by atoms with Gasteiger partial charge in [0.2, 0.25) is 10.0 Å². The van der Waals surface area contributed by atoms with E-state index in [4.69, 9.17) is 4.74 Å². The van der Waals surface area contributed by atoms with E-state index in [9.17, 15) is 17.6 Å². The van der Waals surface area contributed by atoms with Gasteiger partial charge in [0.25, 0.3) is 5.91 Å². The van der Waals surface area contributed by atoms with Crippen molar-refractivity contribution in [2.75, 3.05) is 19.0 Å². The van der Waals surface area contributed by atoms with Gasteiger partial charge in [0.1, 0.15) is 16.5 Å². The van der Waals surface area contributed by atoms with Crippen molar-refractivity contribution in [2.24, 2.45) is 0 Å². The SMILES string of the molecule is CCCNS(=O)(=O)c1cc(C(=O)Nc2cc(-c3cccc(F)c3)[nH]n2)ccc1OC. The molecule has 0 radical (unpaired) electrons. The zero-order chi connectivity index (χ0) is 21.7. The van der Waals surface area contributed by atoms with E-state index >= 15 is 0 Å². The minimum atomic E-state index is -3.84. The molecule has 0 aliphatic heterocycles. The van der Waals surface area contributed by atoms with Crippen LogP contribution in [-0.2, 0) is 10.0 Å². The minimum absolute atomic E-state index is 0.114. The highest BCUT2D eigenvalue weighted by molar-refractivity contribution is 7.89. The standard InChI is InChI=1S/C20H21FN4O4S/c1-3-9-22-30(27,28)18-11-14(7-8-17(18)29-2)20(26)23-19-12-16(24-25-19)13-5-4-6-15(21)10-13/h4-8,10-12,22H,3,9H2,1-2H3,(H2,23,24,25,26). The van der Waals surface area contributed by atoms with Crippen molar-refractivity contribution in [3.05, 3.63) is 59.9 Å². The number of sulfonamides is 1. The number of ether oxygens (including phenoxy) is 1. The lowest BCUT2D eigenvalue weighted by atomic mass is 10.1. The van der Waals surface area contributed by atoms with Crippen LogP contribution in [0.4, 0.5) is 10.2 Å². The fourth-order valence-electron chi connectivity index (χ4n) is 2.72. The van der Waals surface area contributed by atoms with E-state index in [0.29, 0.717) is 17.7 Å². The molecule has 3 N–H and O–H groups in total. The molecule has 0 bridgehead atoms. The molecule has 8 nitrogen and oxygen atoms in total. The highest BCUT2D eigenvalue weighted by atomic mass is 32.2. The maximum atomic E-state index is 13.4. The summed E-state index contributed by atoms with van der Waals surface area (Å²) in [5.41, 5.74) is 1.21. The first-order valence-corrected chi connectivity index (χ1v) is 10.6. The number of carbonyl (C=O) groups is 1. The van der Waals surface area contributed by atoms with Crippen LogP contribution in [0.25, 0.3) is 11.3 Å². The molecule has 1 aromatic heterocycles. The molecular weight excluding hydrogens is 411 g/mol. The lowest BCUT2D eigenvalue weighted by Gasteiger charge is -2.12. The first-order valence-electron chi connectivity index (χ1n) is 9.14. The third-order valence-corrected chi connectivity index (χ3v) is 5.69. The Morgan fingerprint density at radius 1 is 1.20 bits per heavy atom. The number of hydrogen-bond acceptors (Lipinski definition) is 5. The van der Waals surface area contributed by atoms with Crippen molar-refractivity contribution in [1.29, 1.82) is 0 Å². The molecule has 3 rings (SSSR count). The van der Waals surface area contributed by atoms with Crippen LogP contribution in [0.5, 0.6) is 5.75 Å². The van der Waals surface area contributed by atoms with Crippen molar-refractivity contribution < 1.29 is 22.3 Å². The van der Waals surface area contributed by atoms with E-state index in [1.165, 1.54) is 37.4 Å². The molecule has 10 heteroatoms. The maximum Gasteiger partial charge on any atom is 0.256 e. The van der Waals surface area contributed by atoms with Crippen LogP contribution in [0.1, 0.15) is 23.7 Å². The maximum absolute atomic E-state index is 13.4. The molecule has 0 spiro atoms. The number of methoxy groups -OCH3 is 1. The first-order chi connectivity index (χ1) is 14.3. The second kappa shape index (κ2) is 9.06. The quantitative estimate of drug-likeness (QED) is 0.506. The normalized spacial score (nSPS) is 11.3. The number of nitrogens with zero attached hydrogens (tertiary/aromatic N) is 1. The van der Waals surface area contributed by atoms with Crippen LogP contribution in [-0.4, -0.2) is 38.2 Å². The number of H-pyrrole nitrogens is 1. The largest absolute Gasteiger partial charge is 0.495 e. The molecular formula is C20H21FN4O4S. The summed E-state index contributed by atoms with van der Waals surface area (Å²) in [5.74, 6) is -0.606. The Kier molecular flexibility index (Phi) is 6.48. The van der Waals surface area contributed by atoms with Crippen molar-refractivity contribution in [1.82, 2.24) is 14.9 Å². The lowest BCUT2D eigenvalue weighted by Crippen LogP contribution is -2.25. The summed E-state index contributed by atoms with van der Waals surface area (Å²) in [5, 5.41) is 9.32. The van der Waals surface area contributed by atoms with Crippen molar-refractivity contribution >= 4 is 21.7 Å². The number of nitrogens with one attached hydrogen (secondary N) is 3. The minimum Gasteiger partial charge on any atom is -0.495 e. The Morgan fingerprint density at radius 2 is 2.00 bits per heavy atom. The summed E-state index contributed by atoms with van der Waals surface area (Å²) in [7, 11) is -2.49. The Bertz CT molecular complexity index is 1160. The van der Waals surface area contributed by atoms with Gasteiger partial charge in [-0.2, -0.15) is 5.10 Å². The molecule has 0 aliphatic carbocycles. The molecule has 1 heterocycles. The molecule has 3 aromatic rings. The zero-order valence-electron chi connectivity index (χ0n) is 16.4. The van der Waals surface area contributed by atoms with E-state index in [2.05, 4.69) is 20.2 Å². The number of halogens is 1. The molecule has 0 atom stereocenters. The van der Waals surface area contributed by atoms with Gasteiger partial charge in [0, 0.05) is 23.7 Å². The van der Waals surface area contributed by atoms with Gasteiger partial charge in [-0.1, -0.05) is 19.1 Å². The van der Waals surface area contributed by atoms with E-state index in [0.717, 1.165) is 0 Å². The number of hydrogen-bond donors (Lipinski definition) is 3. The monoisotopic (exact) mass is 432 g/mol. The smallest absolute Gasteiger partial charge is 0.256 e. The van der Waals surface area contributed by atoms with Crippen LogP contribution >= 0.6 is 0 Å². The molecule has 0 fully saturated rings. The fraction of sp³-hybridized carbons (Fsp3) is 0.200. The van der Waals surface area contributed by atoms with E-state index in [1.807, 2.05) is 6.92 Å². The van der Waals surface area contributed by atoms with Gasteiger partial charge >= 0.3 is 0 Å². The number of carbonyl (C=O) groups excluding carboxylic acids is 1. The summed E-state index contributed by atoms with van der Waals surface area (Å²) in [6.07, 6.45) is 0.620. The van der Waals surface area contributed by atoms with Gasteiger partial charge in [0.05, 0.1) is 12.8 Å². The van der Waals surface area contributed by atoms with Crippen molar-refractivity contribution in [2.45, 2.75) is 18.2 Å². The van der Waals surface area contributed by atoms with E-state index < -0.39 is 21.7 Å². The van der Waals surface area contributed by atoms with Crippen molar-refractivity contribution in [3.8, 4) is 17.0 Å². The Labute approximate surface area is 173 Å². The predicted molar refractivity (Wildman–Crippen MR) is 110 cm³/mol. The highest BCUT2D eigenvalue weighted by Crippen LogP contribution is 2.26. The van der Waals surface area contributed by atoms with Gasteiger partial charge in [-0.05, 0) is 36.8 Å². The summed E-state index contributed by atoms with van der Waals surface area (Å²) in [6.45, 7) is 2.10. The molecule has 158 valence electrons. The first kappa shape index (κ1) is 21.5. The second-order valence-electron chi connectivity index (χ2n) is 6.39. The molecule has 0 saturated carbocycles. The van der Waals surface area contributed by atoms with Crippen LogP contribution in [0.3, 0.4) is 0 Å². The lowest BCUT2D eigenvalue weighted by molar-refractivity contribution is 0.102. The molecule has 0 saturated heterocycles. The Hall–Kier alpha value is -3.24. The third kappa shape index (κ3) is 4.84. The summed E-state index contributed by atoms with van der Waals surface area (Å²) >= 11 is 0. The third-order valence-electron chi connectivity index (χ3n) is 4.21. The van der Waals surface area contributed by atoms with Crippen LogP contribution in [0.2, 0.25) is 0 Å². The summed E-state index contributed by atoms with van der Waals surface area (Å²) < 4.78 is 46.0. The topological polar surface area (TPSA) is 113 Å². The number of aromatic nitrogens is 2. The summed E-state index contributed by atoms with van der Waals surface area (Å²) in [6, 6.07) is 11.6. The average Bonchev–Trinajstić information content (AvgIpc) is 3.20. The number of amides is 1. The molecule has 0 unspecified atom stereocenters. The fourth-order valence-corrected chi connectivity index (χ4v) is 4.05. The van der Waals surface area contributed by atoms with Crippen molar-refractivity contribution in [3.63, 3.8) is 0 Å². The molecule has 2 aromatic carbocycles. The highest BCUT2D eigenvalue weighted by Gasteiger charge is 2.21. The molecule has 0 aliphatic rings. The molecule has 1 amide bonds. The van der Waals surface area contributed by atoms with Gasteiger partial charge in [-0.3, -0.25) is 9.89 Å². The second-order valence-corrected chi connectivity index (χ2v) is 8.13.